The van der Waals surface area contributed by atoms with Crippen LogP contribution in [0.2, 0.25) is 0 Å². The molecule has 24 heavy (non-hydrogen) atoms. The Morgan fingerprint density at radius 3 is 2.75 bits per heavy atom. The summed E-state index contributed by atoms with van der Waals surface area (Å²) < 4.78 is 2.10. The van der Waals surface area contributed by atoms with E-state index in [4.69, 9.17) is 12.2 Å². The first-order valence-corrected chi connectivity index (χ1v) is 9.98. The zero-order chi connectivity index (χ0) is 16.6. The van der Waals surface area contributed by atoms with Gasteiger partial charge in [0.05, 0.1) is 12.2 Å². The van der Waals surface area contributed by atoms with Gasteiger partial charge in [-0.15, -0.1) is 11.8 Å². The van der Waals surface area contributed by atoms with Crippen molar-refractivity contribution in [2.24, 2.45) is 0 Å². The van der Waals surface area contributed by atoms with E-state index in [0.717, 1.165) is 18.1 Å². The SMILES string of the molecule is S=C(NCCSc1ccccc1)Nc1ccnn1C1CCCCC1. The van der Waals surface area contributed by atoms with E-state index in [-0.39, 0.29) is 0 Å². The van der Waals surface area contributed by atoms with Gasteiger partial charge in [0.15, 0.2) is 5.11 Å². The Labute approximate surface area is 153 Å². The summed E-state index contributed by atoms with van der Waals surface area (Å²) >= 11 is 7.25. The number of rotatable bonds is 6. The van der Waals surface area contributed by atoms with Gasteiger partial charge in [0.1, 0.15) is 5.82 Å². The first-order valence-electron chi connectivity index (χ1n) is 8.59. The third-order valence-corrected chi connectivity index (χ3v) is 5.49. The highest BCUT2D eigenvalue weighted by Gasteiger charge is 2.18. The Morgan fingerprint density at radius 1 is 1.17 bits per heavy atom. The van der Waals surface area contributed by atoms with Crippen molar-refractivity contribution in [3.63, 3.8) is 0 Å². The van der Waals surface area contributed by atoms with E-state index < -0.39 is 0 Å². The van der Waals surface area contributed by atoms with Crippen LogP contribution in [0.4, 0.5) is 5.82 Å². The fourth-order valence-corrected chi connectivity index (χ4v) is 4.04. The molecule has 3 rings (SSSR count). The van der Waals surface area contributed by atoms with Crippen LogP contribution in [0.1, 0.15) is 38.1 Å². The number of benzene rings is 1. The lowest BCUT2D eigenvalue weighted by atomic mass is 9.96. The van der Waals surface area contributed by atoms with E-state index in [0.29, 0.717) is 11.2 Å². The molecule has 1 aliphatic rings. The molecule has 0 aliphatic heterocycles. The van der Waals surface area contributed by atoms with Crippen molar-refractivity contribution >= 4 is 34.9 Å². The van der Waals surface area contributed by atoms with E-state index in [2.05, 4.69) is 44.7 Å². The second kappa shape index (κ2) is 9.08. The molecule has 0 unspecified atom stereocenters. The van der Waals surface area contributed by atoms with E-state index in [1.54, 1.807) is 0 Å². The minimum Gasteiger partial charge on any atom is -0.362 e. The summed E-state index contributed by atoms with van der Waals surface area (Å²) in [5.74, 6) is 1.98. The van der Waals surface area contributed by atoms with Crippen LogP contribution in [-0.4, -0.2) is 27.2 Å². The lowest BCUT2D eigenvalue weighted by Crippen LogP contribution is -2.31. The Kier molecular flexibility index (Phi) is 6.55. The molecule has 2 aromatic rings. The summed E-state index contributed by atoms with van der Waals surface area (Å²) in [6.45, 7) is 0.836. The van der Waals surface area contributed by atoms with E-state index in [9.17, 15) is 0 Å². The first kappa shape index (κ1) is 17.3. The Hall–Kier alpha value is -1.53. The molecular formula is C18H24N4S2. The average molecular weight is 361 g/mol. The van der Waals surface area contributed by atoms with Crippen LogP contribution in [0.25, 0.3) is 0 Å². The molecule has 2 N–H and O–H groups in total. The number of anilines is 1. The second-order valence-corrected chi connectivity index (χ2v) is 7.57. The van der Waals surface area contributed by atoms with Crippen LogP contribution in [0.3, 0.4) is 0 Å². The molecule has 1 aliphatic carbocycles. The van der Waals surface area contributed by atoms with Crippen LogP contribution in [0, 0.1) is 0 Å². The van der Waals surface area contributed by atoms with Crippen molar-refractivity contribution in [2.45, 2.75) is 43.0 Å². The van der Waals surface area contributed by atoms with E-state index in [1.807, 2.05) is 30.1 Å². The Morgan fingerprint density at radius 2 is 1.96 bits per heavy atom. The maximum atomic E-state index is 5.42. The van der Waals surface area contributed by atoms with Crippen molar-refractivity contribution in [1.29, 1.82) is 0 Å². The molecule has 6 heteroatoms. The van der Waals surface area contributed by atoms with Gasteiger partial charge >= 0.3 is 0 Å². The van der Waals surface area contributed by atoms with Crippen LogP contribution in [0.5, 0.6) is 0 Å². The predicted octanol–water partition coefficient (Wildman–Crippen LogP) is 4.47. The lowest BCUT2D eigenvalue weighted by molar-refractivity contribution is 0.333. The third-order valence-electron chi connectivity index (χ3n) is 4.23. The highest BCUT2D eigenvalue weighted by Crippen LogP contribution is 2.29. The number of nitrogens with one attached hydrogen (secondary N) is 2. The van der Waals surface area contributed by atoms with Crippen LogP contribution >= 0.6 is 24.0 Å². The minimum atomic E-state index is 0.507. The molecule has 4 nitrogen and oxygen atoms in total. The zero-order valence-electron chi connectivity index (χ0n) is 13.8. The molecule has 1 aromatic carbocycles. The molecule has 0 radical (unpaired) electrons. The van der Waals surface area contributed by atoms with E-state index >= 15 is 0 Å². The van der Waals surface area contributed by atoms with Gasteiger partial charge in [0, 0.05) is 23.3 Å². The van der Waals surface area contributed by atoms with Crippen molar-refractivity contribution in [1.82, 2.24) is 15.1 Å². The average Bonchev–Trinajstić information content (AvgIpc) is 3.08. The van der Waals surface area contributed by atoms with Gasteiger partial charge in [-0.1, -0.05) is 37.5 Å². The standard InChI is InChI=1S/C18H24N4S2/c23-18(19-13-14-24-16-9-5-2-6-10-16)21-17-11-12-20-22(17)15-7-3-1-4-8-15/h2,5-6,9-12,15H,1,3-4,7-8,13-14H2,(H2,19,21,23). The molecule has 1 aromatic heterocycles. The Balaban J connectivity index is 1.43. The molecule has 1 saturated carbocycles. The van der Waals surface area contributed by atoms with E-state index in [1.165, 1.54) is 37.0 Å². The fourth-order valence-electron chi connectivity index (χ4n) is 3.04. The number of aromatic nitrogens is 2. The molecule has 0 amide bonds. The summed E-state index contributed by atoms with van der Waals surface area (Å²) in [7, 11) is 0. The summed E-state index contributed by atoms with van der Waals surface area (Å²) in [4.78, 5) is 1.29. The quantitative estimate of drug-likeness (QED) is 0.452. The van der Waals surface area contributed by atoms with Crippen molar-refractivity contribution < 1.29 is 0 Å². The Bertz CT molecular complexity index is 635. The minimum absolute atomic E-state index is 0.507. The zero-order valence-corrected chi connectivity index (χ0v) is 15.4. The predicted molar refractivity (Wildman–Crippen MR) is 106 cm³/mol. The summed E-state index contributed by atoms with van der Waals surface area (Å²) in [5, 5.41) is 11.7. The number of thioether (sulfide) groups is 1. The second-order valence-electron chi connectivity index (χ2n) is 6.00. The highest BCUT2D eigenvalue weighted by molar-refractivity contribution is 7.99. The molecule has 0 atom stereocenters. The molecule has 128 valence electrons. The fraction of sp³-hybridized carbons (Fsp3) is 0.444. The van der Waals surface area contributed by atoms with Gasteiger partial charge in [0.25, 0.3) is 0 Å². The third kappa shape index (κ3) is 4.98. The maximum absolute atomic E-state index is 5.42. The van der Waals surface area contributed by atoms with Gasteiger partial charge in [-0.2, -0.15) is 5.10 Å². The lowest BCUT2D eigenvalue weighted by Gasteiger charge is -2.24. The largest absolute Gasteiger partial charge is 0.362 e. The number of thiocarbonyl (C=S) groups is 1. The molecule has 1 fully saturated rings. The normalized spacial score (nSPS) is 15.2. The molecule has 1 heterocycles. The molecule has 0 saturated heterocycles. The van der Waals surface area contributed by atoms with Crippen LogP contribution in [0.15, 0.2) is 47.5 Å². The van der Waals surface area contributed by atoms with Crippen LogP contribution in [-0.2, 0) is 0 Å². The van der Waals surface area contributed by atoms with Gasteiger partial charge in [-0.3, -0.25) is 0 Å². The molecule has 0 bridgehead atoms. The van der Waals surface area contributed by atoms with Crippen LogP contribution < -0.4 is 10.6 Å². The number of nitrogens with zero attached hydrogens (tertiary/aromatic N) is 2. The number of hydrogen-bond acceptors (Lipinski definition) is 3. The molecular weight excluding hydrogens is 336 g/mol. The number of hydrogen-bond donors (Lipinski definition) is 2. The maximum Gasteiger partial charge on any atom is 0.171 e. The van der Waals surface area contributed by atoms with Crippen molar-refractivity contribution in [3.05, 3.63) is 42.6 Å². The van der Waals surface area contributed by atoms with Gasteiger partial charge in [-0.25, -0.2) is 4.68 Å². The summed E-state index contributed by atoms with van der Waals surface area (Å²) in [6.07, 6.45) is 8.21. The molecule has 0 spiro atoms. The highest BCUT2D eigenvalue weighted by atomic mass is 32.2. The monoisotopic (exact) mass is 360 g/mol. The topological polar surface area (TPSA) is 41.9 Å². The summed E-state index contributed by atoms with van der Waals surface area (Å²) in [5.41, 5.74) is 0. The van der Waals surface area contributed by atoms with Crippen molar-refractivity contribution in [3.8, 4) is 0 Å². The van der Waals surface area contributed by atoms with Crippen molar-refractivity contribution in [2.75, 3.05) is 17.6 Å². The van der Waals surface area contributed by atoms with Gasteiger partial charge < -0.3 is 10.6 Å². The van der Waals surface area contributed by atoms with Gasteiger partial charge in [0.2, 0.25) is 0 Å². The smallest absolute Gasteiger partial charge is 0.171 e. The van der Waals surface area contributed by atoms with Gasteiger partial charge in [-0.05, 0) is 37.2 Å². The first-order chi connectivity index (χ1) is 11.8. The summed E-state index contributed by atoms with van der Waals surface area (Å²) in [6, 6.07) is 12.9.